The maximum atomic E-state index is 10.4. The van der Waals surface area contributed by atoms with E-state index in [2.05, 4.69) is 18.2 Å². The zero-order valence-electron chi connectivity index (χ0n) is 9.95. The largest absolute Gasteiger partial charge is 0.481 e. The minimum absolute atomic E-state index is 0.292. The lowest BCUT2D eigenvalue weighted by Gasteiger charge is -2.16. The molecule has 17 heavy (non-hydrogen) atoms. The van der Waals surface area contributed by atoms with Crippen LogP contribution in [0.25, 0.3) is 0 Å². The Kier molecular flexibility index (Phi) is 4.49. The van der Waals surface area contributed by atoms with Gasteiger partial charge in [-0.1, -0.05) is 12.1 Å². The summed E-state index contributed by atoms with van der Waals surface area (Å²) in [6, 6.07) is 6.73. The fraction of sp³-hybridized carbons (Fsp3) is 0.500. The molecule has 1 aromatic carbocycles. The molecule has 0 atom stereocenters. The van der Waals surface area contributed by atoms with Gasteiger partial charge in [0.05, 0.1) is 0 Å². The highest BCUT2D eigenvalue weighted by Gasteiger charge is 2.09. The molecule has 0 saturated carbocycles. The molecular weight excluding hydrogens is 232 g/mol. The number of thioether (sulfide) groups is 1. The minimum Gasteiger partial charge on any atom is -0.481 e. The zero-order valence-corrected chi connectivity index (χ0v) is 10.8. The number of hydrogen-bond acceptors (Lipinski definition) is 2. The van der Waals surface area contributed by atoms with Crippen molar-refractivity contribution >= 4 is 17.7 Å². The van der Waals surface area contributed by atoms with Crippen molar-refractivity contribution in [1.29, 1.82) is 0 Å². The van der Waals surface area contributed by atoms with Gasteiger partial charge in [-0.05, 0) is 55.1 Å². The highest BCUT2D eigenvalue weighted by atomic mass is 32.2. The first kappa shape index (κ1) is 12.5. The summed E-state index contributed by atoms with van der Waals surface area (Å²) in [5, 5.41) is 8.57. The number of carboxylic acid groups (broad SMARTS) is 1. The summed E-state index contributed by atoms with van der Waals surface area (Å²) in [6.45, 7) is 0. The summed E-state index contributed by atoms with van der Waals surface area (Å²) in [4.78, 5) is 11.8. The maximum Gasteiger partial charge on any atom is 0.303 e. The number of hydrogen-bond donors (Lipinski definition) is 1. The third kappa shape index (κ3) is 3.77. The van der Waals surface area contributed by atoms with Crippen LogP contribution in [0, 0.1) is 0 Å². The quantitative estimate of drug-likeness (QED) is 0.812. The second-order valence-corrected chi connectivity index (χ2v) is 5.63. The fourth-order valence-electron chi connectivity index (χ4n) is 2.17. The molecule has 3 heteroatoms. The average molecular weight is 250 g/mol. The van der Waals surface area contributed by atoms with Crippen molar-refractivity contribution in [3.8, 4) is 0 Å². The Morgan fingerprint density at radius 2 is 2.24 bits per heavy atom. The monoisotopic (exact) mass is 250 g/mol. The van der Waals surface area contributed by atoms with Gasteiger partial charge in [0.1, 0.15) is 0 Å². The molecular formula is C14H18O2S. The van der Waals surface area contributed by atoms with Gasteiger partial charge in [-0.15, -0.1) is 11.8 Å². The van der Waals surface area contributed by atoms with E-state index in [0.29, 0.717) is 6.42 Å². The predicted octanol–water partition coefficient (Wildman–Crippen LogP) is 3.52. The summed E-state index contributed by atoms with van der Waals surface area (Å²) in [5.74, 6) is 0.553. The van der Waals surface area contributed by atoms with E-state index in [0.717, 1.165) is 19.3 Å². The van der Waals surface area contributed by atoms with Crippen LogP contribution >= 0.6 is 11.8 Å². The molecule has 1 aliphatic heterocycles. The van der Waals surface area contributed by atoms with Gasteiger partial charge in [-0.2, -0.15) is 0 Å². The number of carbonyl (C=O) groups is 1. The van der Waals surface area contributed by atoms with Crippen molar-refractivity contribution in [2.75, 3.05) is 5.75 Å². The Hall–Kier alpha value is -0.960. The van der Waals surface area contributed by atoms with Gasteiger partial charge in [0, 0.05) is 11.3 Å². The zero-order chi connectivity index (χ0) is 12.1. The molecule has 1 aromatic rings. The Morgan fingerprint density at radius 3 is 3.06 bits per heavy atom. The van der Waals surface area contributed by atoms with E-state index < -0.39 is 5.97 Å². The Bertz CT molecular complexity index is 401. The first-order valence-electron chi connectivity index (χ1n) is 6.22. The van der Waals surface area contributed by atoms with E-state index in [1.807, 2.05) is 11.8 Å². The first-order valence-corrected chi connectivity index (χ1v) is 7.20. The molecule has 1 heterocycles. The number of aliphatic carboxylic acids is 1. The Balaban J connectivity index is 1.86. The molecule has 0 spiro atoms. The topological polar surface area (TPSA) is 37.3 Å². The van der Waals surface area contributed by atoms with Gasteiger partial charge in [0.25, 0.3) is 0 Å². The number of carboxylic acids is 1. The van der Waals surface area contributed by atoms with Crippen molar-refractivity contribution in [2.45, 2.75) is 43.4 Å². The predicted molar refractivity (Wildman–Crippen MR) is 70.7 cm³/mol. The van der Waals surface area contributed by atoms with Gasteiger partial charge < -0.3 is 5.11 Å². The molecule has 0 radical (unpaired) electrons. The van der Waals surface area contributed by atoms with Crippen LogP contribution in [-0.2, 0) is 17.6 Å². The van der Waals surface area contributed by atoms with Gasteiger partial charge >= 0.3 is 5.97 Å². The van der Waals surface area contributed by atoms with Crippen molar-refractivity contribution in [3.05, 3.63) is 29.3 Å². The molecule has 0 saturated heterocycles. The van der Waals surface area contributed by atoms with Crippen molar-refractivity contribution in [3.63, 3.8) is 0 Å². The minimum atomic E-state index is -0.688. The molecule has 0 aliphatic carbocycles. The highest BCUT2D eigenvalue weighted by molar-refractivity contribution is 7.99. The Morgan fingerprint density at radius 1 is 1.35 bits per heavy atom. The lowest BCUT2D eigenvalue weighted by molar-refractivity contribution is -0.137. The van der Waals surface area contributed by atoms with Gasteiger partial charge in [0.2, 0.25) is 0 Å². The summed E-state index contributed by atoms with van der Waals surface area (Å²) in [7, 11) is 0. The summed E-state index contributed by atoms with van der Waals surface area (Å²) in [5.41, 5.74) is 2.84. The molecule has 92 valence electrons. The highest BCUT2D eigenvalue weighted by Crippen LogP contribution is 2.30. The third-order valence-electron chi connectivity index (χ3n) is 3.08. The van der Waals surface area contributed by atoms with E-state index in [-0.39, 0.29) is 0 Å². The smallest absolute Gasteiger partial charge is 0.303 e. The van der Waals surface area contributed by atoms with Crippen molar-refractivity contribution in [2.24, 2.45) is 0 Å². The molecule has 0 aromatic heterocycles. The summed E-state index contributed by atoms with van der Waals surface area (Å²) in [6.07, 6.45) is 5.52. The van der Waals surface area contributed by atoms with Crippen LogP contribution in [0.3, 0.4) is 0 Å². The molecule has 0 bridgehead atoms. The normalized spacial score (nSPS) is 14.4. The van der Waals surface area contributed by atoms with Crippen LogP contribution in [0.15, 0.2) is 23.1 Å². The summed E-state index contributed by atoms with van der Waals surface area (Å²) < 4.78 is 0. The Labute approximate surface area is 106 Å². The lowest BCUT2D eigenvalue weighted by Crippen LogP contribution is -2.00. The second-order valence-electron chi connectivity index (χ2n) is 4.49. The standard InChI is InChI=1S/C14H18O2S/c15-14(16)6-2-1-4-11-7-8-13-12(10-11)5-3-9-17-13/h7-8,10H,1-6,9H2,(H,15,16). The number of rotatable bonds is 5. The van der Waals surface area contributed by atoms with Gasteiger partial charge in [-0.25, -0.2) is 0 Å². The van der Waals surface area contributed by atoms with E-state index in [4.69, 9.17) is 5.11 Å². The maximum absolute atomic E-state index is 10.4. The molecule has 1 aliphatic rings. The van der Waals surface area contributed by atoms with Crippen LogP contribution < -0.4 is 0 Å². The average Bonchev–Trinajstić information content (AvgIpc) is 2.34. The van der Waals surface area contributed by atoms with Crippen LogP contribution in [0.4, 0.5) is 0 Å². The molecule has 0 amide bonds. The number of fused-ring (bicyclic) bond motifs is 1. The number of benzene rings is 1. The molecule has 0 unspecified atom stereocenters. The van der Waals surface area contributed by atoms with Crippen LogP contribution in [0.1, 0.15) is 36.8 Å². The van der Waals surface area contributed by atoms with Crippen LogP contribution in [0.5, 0.6) is 0 Å². The molecule has 1 N–H and O–H groups in total. The lowest BCUT2D eigenvalue weighted by atomic mass is 10.0. The van der Waals surface area contributed by atoms with Gasteiger partial charge in [-0.3, -0.25) is 4.79 Å². The SMILES string of the molecule is O=C(O)CCCCc1ccc2c(c1)CCCS2. The van der Waals surface area contributed by atoms with E-state index in [9.17, 15) is 4.79 Å². The molecule has 0 fully saturated rings. The molecule has 2 nitrogen and oxygen atoms in total. The van der Waals surface area contributed by atoms with E-state index >= 15 is 0 Å². The summed E-state index contributed by atoms with van der Waals surface area (Å²) >= 11 is 1.95. The molecule has 2 rings (SSSR count). The third-order valence-corrected chi connectivity index (χ3v) is 4.28. The number of unbranched alkanes of at least 4 members (excludes halogenated alkanes) is 1. The van der Waals surface area contributed by atoms with Crippen LogP contribution in [0.2, 0.25) is 0 Å². The van der Waals surface area contributed by atoms with Crippen molar-refractivity contribution < 1.29 is 9.90 Å². The first-order chi connectivity index (χ1) is 8.25. The van der Waals surface area contributed by atoms with Crippen LogP contribution in [-0.4, -0.2) is 16.8 Å². The fourth-order valence-corrected chi connectivity index (χ4v) is 3.19. The number of aryl methyl sites for hydroxylation is 2. The van der Waals surface area contributed by atoms with E-state index in [1.54, 1.807) is 0 Å². The van der Waals surface area contributed by atoms with Gasteiger partial charge in [0.15, 0.2) is 0 Å². The van der Waals surface area contributed by atoms with E-state index in [1.165, 1.54) is 34.6 Å². The second kappa shape index (κ2) is 6.10. The van der Waals surface area contributed by atoms with Crippen molar-refractivity contribution in [1.82, 2.24) is 0 Å².